The Balaban J connectivity index is 2.14. The van der Waals surface area contributed by atoms with Gasteiger partial charge in [0.2, 0.25) is 5.91 Å². The van der Waals surface area contributed by atoms with Crippen LogP contribution in [0.4, 0.5) is 0 Å². The van der Waals surface area contributed by atoms with E-state index in [2.05, 4.69) is 28.2 Å². The second-order valence-electron chi connectivity index (χ2n) is 4.20. The monoisotopic (exact) mass is 261 g/mol. The van der Waals surface area contributed by atoms with Crippen LogP contribution in [0.1, 0.15) is 39.0 Å². The lowest BCUT2D eigenvalue weighted by molar-refractivity contribution is -0.125. The number of nitrogens with one attached hydrogen (secondary N) is 1. The molecular weight excluding hydrogens is 242 g/mol. The Morgan fingerprint density at radius 2 is 2.21 bits per heavy atom. The summed E-state index contributed by atoms with van der Waals surface area (Å²) in [4.78, 5) is 11.7. The van der Waals surface area contributed by atoms with E-state index in [4.69, 9.17) is 0 Å². The van der Waals surface area contributed by atoms with Crippen LogP contribution in [-0.2, 0) is 4.79 Å². The first-order valence-corrected chi connectivity index (χ1v) is 6.71. The first-order valence-electron chi connectivity index (χ1n) is 5.59. The minimum Gasteiger partial charge on any atom is -0.356 e. The molecule has 0 spiro atoms. The number of amides is 1. The molecule has 1 N–H and O–H groups in total. The van der Waals surface area contributed by atoms with Crippen molar-refractivity contribution in [3.63, 3.8) is 0 Å². The number of halogens is 1. The van der Waals surface area contributed by atoms with E-state index in [-0.39, 0.29) is 5.91 Å². The van der Waals surface area contributed by atoms with Crippen molar-refractivity contribution >= 4 is 21.8 Å². The maximum Gasteiger partial charge on any atom is 0.223 e. The number of alkyl halides is 1. The highest BCUT2D eigenvalue weighted by Gasteiger charge is 2.29. The average Bonchev–Trinajstić information content (AvgIpc) is 2.59. The molecule has 14 heavy (non-hydrogen) atoms. The van der Waals surface area contributed by atoms with Gasteiger partial charge in [-0.2, -0.15) is 0 Å². The molecule has 0 bridgehead atoms. The van der Waals surface area contributed by atoms with Gasteiger partial charge in [0.25, 0.3) is 0 Å². The van der Waals surface area contributed by atoms with E-state index in [0.29, 0.717) is 11.8 Å². The van der Waals surface area contributed by atoms with Crippen molar-refractivity contribution in [2.45, 2.75) is 39.0 Å². The van der Waals surface area contributed by atoms with Crippen LogP contribution in [0.5, 0.6) is 0 Å². The van der Waals surface area contributed by atoms with Crippen molar-refractivity contribution in [1.29, 1.82) is 0 Å². The zero-order valence-electron chi connectivity index (χ0n) is 8.89. The molecule has 0 heterocycles. The summed E-state index contributed by atoms with van der Waals surface area (Å²) in [6, 6.07) is 0. The molecule has 0 aromatic heterocycles. The molecule has 0 aliphatic heterocycles. The van der Waals surface area contributed by atoms with Gasteiger partial charge in [0.15, 0.2) is 0 Å². The molecule has 0 saturated heterocycles. The van der Waals surface area contributed by atoms with Gasteiger partial charge < -0.3 is 5.32 Å². The molecule has 0 radical (unpaired) electrons. The minimum atomic E-state index is 0.282. The van der Waals surface area contributed by atoms with Gasteiger partial charge in [0.05, 0.1) is 0 Å². The van der Waals surface area contributed by atoms with Crippen LogP contribution in [-0.4, -0.2) is 17.8 Å². The number of unbranched alkanes of at least 4 members (excludes halogenated alkanes) is 1. The first kappa shape index (κ1) is 12.0. The molecule has 2 nitrogen and oxygen atoms in total. The van der Waals surface area contributed by atoms with Gasteiger partial charge in [-0.1, -0.05) is 29.3 Å². The third-order valence-corrected chi connectivity index (χ3v) is 3.62. The summed E-state index contributed by atoms with van der Waals surface area (Å²) < 4.78 is 0. The molecule has 0 aromatic carbocycles. The fourth-order valence-corrected chi connectivity index (χ4v) is 2.49. The largest absolute Gasteiger partial charge is 0.356 e. The summed E-state index contributed by atoms with van der Waals surface area (Å²) in [5.74, 6) is 1.16. The smallest absolute Gasteiger partial charge is 0.223 e. The third kappa shape index (κ3) is 3.60. The van der Waals surface area contributed by atoms with Crippen LogP contribution in [0.3, 0.4) is 0 Å². The fourth-order valence-electron chi connectivity index (χ4n) is 2.10. The Hall–Kier alpha value is -0.0500. The second-order valence-corrected chi connectivity index (χ2v) is 4.99. The topological polar surface area (TPSA) is 29.1 Å². The summed E-state index contributed by atoms with van der Waals surface area (Å²) >= 11 is 3.38. The van der Waals surface area contributed by atoms with Gasteiger partial charge in [-0.25, -0.2) is 0 Å². The van der Waals surface area contributed by atoms with Crippen molar-refractivity contribution < 1.29 is 4.79 Å². The number of rotatable bonds is 5. The number of carbonyl (C=O) groups is 1. The molecule has 2 atom stereocenters. The number of carbonyl (C=O) groups excluding carboxylic acids is 1. The molecule has 0 aromatic rings. The summed E-state index contributed by atoms with van der Waals surface area (Å²) in [7, 11) is 0. The minimum absolute atomic E-state index is 0.282. The molecule has 1 saturated carbocycles. The predicted molar refractivity (Wildman–Crippen MR) is 62.5 cm³/mol. The summed E-state index contributed by atoms with van der Waals surface area (Å²) in [6.07, 6.45) is 5.75. The van der Waals surface area contributed by atoms with Crippen molar-refractivity contribution in [2.75, 3.05) is 11.9 Å². The molecule has 1 aliphatic rings. The highest BCUT2D eigenvalue weighted by molar-refractivity contribution is 9.09. The summed E-state index contributed by atoms with van der Waals surface area (Å²) in [5.41, 5.74) is 0. The molecular formula is C11H20BrNO. The average molecular weight is 262 g/mol. The predicted octanol–water partition coefficient (Wildman–Crippen LogP) is 2.71. The van der Waals surface area contributed by atoms with E-state index < -0.39 is 0 Å². The van der Waals surface area contributed by atoms with Crippen molar-refractivity contribution in [3.05, 3.63) is 0 Å². The second kappa shape index (κ2) is 6.44. The molecule has 1 rings (SSSR count). The maximum absolute atomic E-state index is 11.7. The van der Waals surface area contributed by atoms with E-state index in [0.717, 1.165) is 31.1 Å². The van der Waals surface area contributed by atoms with Crippen LogP contribution in [0.15, 0.2) is 0 Å². The summed E-state index contributed by atoms with van der Waals surface area (Å²) in [5, 5.41) is 4.06. The summed E-state index contributed by atoms with van der Waals surface area (Å²) in [6.45, 7) is 3.03. The van der Waals surface area contributed by atoms with Crippen LogP contribution in [0, 0.1) is 11.8 Å². The van der Waals surface area contributed by atoms with Crippen molar-refractivity contribution in [1.82, 2.24) is 5.32 Å². The zero-order valence-corrected chi connectivity index (χ0v) is 10.5. The Morgan fingerprint density at radius 3 is 2.79 bits per heavy atom. The Labute approximate surface area is 95.0 Å². The quantitative estimate of drug-likeness (QED) is 0.599. The molecule has 3 heteroatoms. The lowest BCUT2D eigenvalue weighted by atomic mass is 9.97. The molecule has 1 aliphatic carbocycles. The third-order valence-electron chi connectivity index (χ3n) is 3.06. The lowest BCUT2D eigenvalue weighted by Gasteiger charge is -2.14. The standard InChI is InChI=1S/C11H20BrNO/c1-9-5-4-6-10(9)11(14)13-8-3-2-7-12/h9-10H,2-8H2,1H3,(H,13,14). The van der Waals surface area contributed by atoms with Gasteiger partial charge >= 0.3 is 0 Å². The molecule has 1 amide bonds. The van der Waals surface area contributed by atoms with Crippen molar-refractivity contribution in [3.8, 4) is 0 Å². The van der Waals surface area contributed by atoms with E-state index in [1.165, 1.54) is 12.8 Å². The first-order chi connectivity index (χ1) is 6.75. The van der Waals surface area contributed by atoms with Gasteiger partial charge in [-0.05, 0) is 31.6 Å². The van der Waals surface area contributed by atoms with Crippen LogP contribution in [0.2, 0.25) is 0 Å². The highest BCUT2D eigenvalue weighted by Crippen LogP contribution is 2.30. The van der Waals surface area contributed by atoms with Gasteiger partial charge in [-0.3, -0.25) is 4.79 Å². The number of hydrogen-bond acceptors (Lipinski definition) is 1. The lowest BCUT2D eigenvalue weighted by Crippen LogP contribution is -2.32. The van der Waals surface area contributed by atoms with E-state index in [1.807, 2.05) is 0 Å². The normalized spacial score (nSPS) is 26.4. The fraction of sp³-hybridized carbons (Fsp3) is 0.909. The zero-order chi connectivity index (χ0) is 10.4. The molecule has 82 valence electrons. The van der Waals surface area contributed by atoms with Crippen LogP contribution >= 0.6 is 15.9 Å². The van der Waals surface area contributed by atoms with Gasteiger partial charge in [0.1, 0.15) is 0 Å². The van der Waals surface area contributed by atoms with E-state index in [1.54, 1.807) is 0 Å². The number of hydrogen-bond donors (Lipinski definition) is 1. The van der Waals surface area contributed by atoms with Gasteiger partial charge in [-0.15, -0.1) is 0 Å². The van der Waals surface area contributed by atoms with Crippen molar-refractivity contribution in [2.24, 2.45) is 11.8 Å². The van der Waals surface area contributed by atoms with E-state index in [9.17, 15) is 4.79 Å². The molecule has 2 unspecified atom stereocenters. The Bertz CT molecular complexity index is 184. The Morgan fingerprint density at radius 1 is 1.43 bits per heavy atom. The Kier molecular flexibility index (Phi) is 5.53. The van der Waals surface area contributed by atoms with E-state index >= 15 is 0 Å². The van der Waals surface area contributed by atoms with Crippen LogP contribution in [0.25, 0.3) is 0 Å². The SMILES string of the molecule is CC1CCCC1C(=O)NCCCCBr. The van der Waals surface area contributed by atoms with Crippen LogP contribution < -0.4 is 5.32 Å². The maximum atomic E-state index is 11.7. The molecule has 1 fully saturated rings. The van der Waals surface area contributed by atoms with Gasteiger partial charge in [0, 0.05) is 17.8 Å². The highest BCUT2D eigenvalue weighted by atomic mass is 79.9.